The molecule has 0 radical (unpaired) electrons. The Kier molecular flexibility index (Phi) is 3.68. The van der Waals surface area contributed by atoms with Crippen molar-refractivity contribution in [1.29, 1.82) is 0 Å². The highest BCUT2D eigenvalue weighted by Gasteiger charge is 2.28. The van der Waals surface area contributed by atoms with Gasteiger partial charge in [0.15, 0.2) is 0 Å². The fourth-order valence-electron chi connectivity index (χ4n) is 1.68. The molecule has 100 valence electrons. The summed E-state index contributed by atoms with van der Waals surface area (Å²) in [6.07, 6.45) is -1.01. The molecule has 0 bridgehead atoms. The lowest BCUT2D eigenvalue weighted by Crippen LogP contribution is -2.24. The number of nitrogens with two attached hydrogens (primary N) is 2. The molecule has 1 amide bonds. The summed E-state index contributed by atoms with van der Waals surface area (Å²) in [6.45, 7) is 5.35. The molecule has 0 saturated carbocycles. The molecule has 1 aromatic rings. The Morgan fingerprint density at radius 1 is 1.28 bits per heavy atom. The quantitative estimate of drug-likeness (QED) is 0.838. The van der Waals surface area contributed by atoms with Crippen LogP contribution in [0.5, 0.6) is 5.75 Å². The molecule has 0 aromatic heterocycles. The van der Waals surface area contributed by atoms with Gasteiger partial charge < -0.3 is 10.5 Å². The van der Waals surface area contributed by atoms with E-state index in [1.54, 1.807) is 20.8 Å². The van der Waals surface area contributed by atoms with Gasteiger partial charge in [-0.15, -0.1) is 0 Å². The van der Waals surface area contributed by atoms with Gasteiger partial charge in [-0.3, -0.25) is 0 Å². The number of amides is 1. The molecule has 7 heteroatoms. The second kappa shape index (κ2) is 4.58. The standard InChI is InChI=1S/C11H16N2O4S/c1-11(2,3)9-7(17-10(12)14)5-4-6-8(9)18(13,15)16/h4-6H,1-3H3,(H2,12,14)(H2,13,15,16). The first-order chi connectivity index (χ1) is 8.03. The van der Waals surface area contributed by atoms with E-state index in [9.17, 15) is 13.2 Å². The number of ether oxygens (including phenoxy) is 1. The van der Waals surface area contributed by atoms with Crippen molar-refractivity contribution in [2.45, 2.75) is 31.1 Å². The van der Waals surface area contributed by atoms with E-state index in [2.05, 4.69) is 0 Å². The Hall–Kier alpha value is -1.60. The van der Waals surface area contributed by atoms with Gasteiger partial charge in [0.2, 0.25) is 10.0 Å². The lowest BCUT2D eigenvalue weighted by molar-refractivity contribution is 0.209. The van der Waals surface area contributed by atoms with E-state index < -0.39 is 21.5 Å². The van der Waals surface area contributed by atoms with Crippen LogP contribution in [-0.2, 0) is 15.4 Å². The number of benzene rings is 1. The van der Waals surface area contributed by atoms with Gasteiger partial charge in [0.25, 0.3) is 0 Å². The summed E-state index contributed by atoms with van der Waals surface area (Å²) in [5, 5.41) is 5.15. The molecule has 0 saturated heterocycles. The highest BCUT2D eigenvalue weighted by Crippen LogP contribution is 2.36. The molecule has 4 N–H and O–H groups in total. The zero-order valence-electron chi connectivity index (χ0n) is 10.4. The van der Waals surface area contributed by atoms with Gasteiger partial charge in [-0.25, -0.2) is 18.4 Å². The van der Waals surface area contributed by atoms with Crippen LogP contribution in [0, 0.1) is 0 Å². The Balaban J connectivity index is 3.61. The van der Waals surface area contributed by atoms with Gasteiger partial charge in [0, 0.05) is 5.56 Å². The molecule has 0 aliphatic carbocycles. The topological polar surface area (TPSA) is 112 Å². The van der Waals surface area contributed by atoms with E-state index in [1.807, 2.05) is 0 Å². The summed E-state index contributed by atoms with van der Waals surface area (Å²) < 4.78 is 27.9. The van der Waals surface area contributed by atoms with Crippen LogP contribution in [0.4, 0.5) is 4.79 Å². The summed E-state index contributed by atoms with van der Waals surface area (Å²) in [7, 11) is -3.91. The average Bonchev–Trinajstić information content (AvgIpc) is 2.13. The lowest BCUT2D eigenvalue weighted by atomic mass is 9.86. The summed E-state index contributed by atoms with van der Waals surface area (Å²) in [6, 6.07) is 4.27. The number of carbonyl (C=O) groups is 1. The predicted octanol–water partition coefficient (Wildman–Crippen LogP) is 1.09. The monoisotopic (exact) mass is 272 g/mol. The molecule has 1 aromatic carbocycles. The molecule has 1 rings (SSSR count). The third-order valence-corrected chi connectivity index (χ3v) is 3.21. The molecule has 18 heavy (non-hydrogen) atoms. The molecule has 0 spiro atoms. The van der Waals surface area contributed by atoms with E-state index in [0.717, 1.165) is 0 Å². The smallest absolute Gasteiger partial charge is 0.409 e. The molecule has 0 aliphatic rings. The Morgan fingerprint density at radius 2 is 1.83 bits per heavy atom. The zero-order chi connectivity index (χ0) is 14.1. The van der Waals surface area contributed by atoms with Crippen molar-refractivity contribution in [3.8, 4) is 5.75 Å². The van der Waals surface area contributed by atoms with Crippen molar-refractivity contribution < 1.29 is 17.9 Å². The van der Waals surface area contributed by atoms with Crippen LogP contribution in [0.3, 0.4) is 0 Å². The van der Waals surface area contributed by atoms with Crippen LogP contribution in [0.25, 0.3) is 0 Å². The Morgan fingerprint density at radius 3 is 2.22 bits per heavy atom. The number of sulfonamides is 1. The average molecular weight is 272 g/mol. The minimum atomic E-state index is -3.91. The summed E-state index contributed by atoms with van der Waals surface area (Å²) in [5.41, 5.74) is 4.70. The fraction of sp³-hybridized carbons (Fsp3) is 0.364. The number of carbonyl (C=O) groups excluding carboxylic acids is 1. The number of primary amides is 1. The minimum absolute atomic E-state index is 0.0752. The van der Waals surface area contributed by atoms with Crippen LogP contribution in [-0.4, -0.2) is 14.5 Å². The molecule has 0 atom stereocenters. The van der Waals surface area contributed by atoms with E-state index in [-0.39, 0.29) is 10.6 Å². The van der Waals surface area contributed by atoms with Crippen molar-refractivity contribution >= 4 is 16.1 Å². The van der Waals surface area contributed by atoms with Gasteiger partial charge in [-0.05, 0) is 17.5 Å². The zero-order valence-corrected chi connectivity index (χ0v) is 11.2. The van der Waals surface area contributed by atoms with Crippen LogP contribution in [0.2, 0.25) is 0 Å². The molecular weight excluding hydrogens is 256 g/mol. The number of hydrogen-bond donors (Lipinski definition) is 2. The van der Waals surface area contributed by atoms with Crippen molar-refractivity contribution in [2.75, 3.05) is 0 Å². The summed E-state index contributed by atoms with van der Waals surface area (Å²) >= 11 is 0. The minimum Gasteiger partial charge on any atom is -0.410 e. The Bertz CT molecular complexity index is 573. The lowest BCUT2D eigenvalue weighted by Gasteiger charge is -2.24. The van der Waals surface area contributed by atoms with Crippen molar-refractivity contribution in [3.05, 3.63) is 23.8 Å². The third kappa shape index (κ3) is 3.21. The highest BCUT2D eigenvalue weighted by molar-refractivity contribution is 7.89. The number of primary sulfonamides is 1. The van der Waals surface area contributed by atoms with Gasteiger partial charge in [-0.2, -0.15) is 0 Å². The van der Waals surface area contributed by atoms with Gasteiger partial charge >= 0.3 is 6.09 Å². The Labute approximate surface area is 106 Å². The van der Waals surface area contributed by atoms with Gasteiger partial charge in [0.1, 0.15) is 5.75 Å². The van der Waals surface area contributed by atoms with E-state index >= 15 is 0 Å². The first kappa shape index (κ1) is 14.5. The SMILES string of the molecule is CC(C)(C)c1c(OC(N)=O)cccc1S(N)(=O)=O. The fourth-order valence-corrected chi connectivity index (χ4v) is 2.64. The van der Waals surface area contributed by atoms with Crippen molar-refractivity contribution in [1.82, 2.24) is 0 Å². The number of hydrogen-bond acceptors (Lipinski definition) is 4. The van der Waals surface area contributed by atoms with Gasteiger partial charge in [-0.1, -0.05) is 26.8 Å². The van der Waals surface area contributed by atoms with E-state index in [4.69, 9.17) is 15.6 Å². The number of rotatable bonds is 2. The highest BCUT2D eigenvalue weighted by atomic mass is 32.2. The van der Waals surface area contributed by atoms with Crippen molar-refractivity contribution in [2.24, 2.45) is 10.9 Å². The molecule has 0 heterocycles. The maximum absolute atomic E-state index is 11.5. The first-order valence-corrected chi connectivity index (χ1v) is 6.71. The van der Waals surface area contributed by atoms with Gasteiger partial charge in [0.05, 0.1) is 4.90 Å². The summed E-state index contributed by atoms with van der Waals surface area (Å²) in [4.78, 5) is 10.8. The molecule has 0 unspecified atom stereocenters. The third-order valence-electron chi connectivity index (χ3n) is 2.26. The second-order valence-electron chi connectivity index (χ2n) is 4.85. The maximum Gasteiger partial charge on any atom is 0.409 e. The first-order valence-electron chi connectivity index (χ1n) is 5.17. The predicted molar refractivity (Wildman–Crippen MR) is 66.7 cm³/mol. The van der Waals surface area contributed by atoms with Crippen LogP contribution < -0.4 is 15.6 Å². The molecule has 0 fully saturated rings. The van der Waals surface area contributed by atoms with Crippen LogP contribution in [0.15, 0.2) is 23.1 Å². The van der Waals surface area contributed by atoms with Crippen molar-refractivity contribution in [3.63, 3.8) is 0 Å². The molecular formula is C11H16N2O4S. The van der Waals surface area contributed by atoms with Crippen LogP contribution in [0.1, 0.15) is 26.3 Å². The van der Waals surface area contributed by atoms with Crippen LogP contribution >= 0.6 is 0 Å². The summed E-state index contributed by atoms with van der Waals surface area (Å²) in [5.74, 6) is 0.0986. The molecule has 6 nitrogen and oxygen atoms in total. The molecule has 0 aliphatic heterocycles. The van der Waals surface area contributed by atoms with E-state index in [0.29, 0.717) is 5.56 Å². The van der Waals surface area contributed by atoms with E-state index in [1.165, 1.54) is 18.2 Å². The second-order valence-corrected chi connectivity index (χ2v) is 6.38. The normalized spacial score (nSPS) is 12.2. The maximum atomic E-state index is 11.5. The largest absolute Gasteiger partial charge is 0.410 e.